The summed E-state index contributed by atoms with van der Waals surface area (Å²) >= 11 is 6.17. The second-order valence-corrected chi connectivity index (χ2v) is 7.05. The molecule has 0 spiro atoms. The van der Waals surface area contributed by atoms with E-state index in [1.807, 2.05) is 0 Å². The highest BCUT2D eigenvalue weighted by Crippen LogP contribution is 2.27. The van der Waals surface area contributed by atoms with Crippen molar-refractivity contribution >= 4 is 11.6 Å². The van der Waals surface area contributed by atoms with Crippen molar-refractivity contribution in [2.45, 2.75) is 45.3 Å². The van der Waals surface area contributed by atoms with Gasteiger partial charge in [-0.15, -0.1) is 0 Å². The van der Waals surface area contributed by atoms with Crippen LogP contribution in [0.15, 0.2) is 18.2 Å². The fraction of sp³-hybridized carbons (Fsp3) is 0.600. The smallest absolute Gasteiger partial charge is 0.123 e. The maximum atomic E-state index is 13.4. The molecule has 2 rings (SSSR count). The highest BCUT2D eigenvalue weighted by atomic mass is 35.5. The van der Waals surface area contributed by atoms with Crippen LogP contribution >= 0.6 is 11.6 Å². The van der Waals surface area contributed by atoms with E-state index in [9.17, 15) is 4.39 Å². The van der Waals surface area contributed by atoms with Crippen molar-refractivity contribution < 1.29 is 4.39 Å². The van der Waals surface area contributed by atoms with Crippen molar-refractivity contribution in [3.05, 3.63) is 34.6 Å². The van der Waals surface area contributed by atoms with E-state index in [2.05, 4.69) is 37.9 Å². The zero-order chi connectivity index (χ0) is 14.3. The predicted octanol–water partition coefficient (Wildman–Crippen LogP) is 3.44. The van der Waals surface area contributed by atoms with Gasteiger partial charge in [-0.25, -0.2) is 4.39 Å². The van der Waals surface area contributed by atoms with Gasteiger partial charge in [-0.2, -0.15) is 0 Å². The summed E-state index contributed by atoms with van der Waals surface area (Å²) in [5.74, 6) is -0.230. The van der Waals surface area contributed by atoms with E-state index in [-0.39, 0.29) is 16.9 Å². The molecule has 0 atom stereocenters. The van der Waals surface area contributed by atoms with Gasteiger partial charge in [0.2, 0.25) is 0 Å². The van der Waals surface area contributed by atoms with Gasteiger partial charge in [-0.05, 0) is 51.5 Å². The number of nitrogens with one attached hydrogen (secondary N) is 1. The Labute approximate surface area is 119 Å². The first-order chi connectivity index (χ1) is 8.70. The highest BCUT2D eigenvalue weighted by molar-refractivity contribution is 6.31. The Hall–Kier alpha value is -0.640. The van der Waals surface area contributed by atoms with Crippen LogP contribution in [0, 0.1) is 5.82 Å². The summed E-state index contributed by atoms with van der Waals surface area (Å²) in [5.41, 5.74) is 0.952. The summed E-state index contributed by atoms with van der Waals surface area (Å²) in [6.45, 7) is 11.3. The third-order valence-electron chi connectivity index (χ3n) is 3.81. The first kappa shape index (κ1) is 14.8. The summed E-state index contributed by atoms with van der Waals surface area (Å²) in [6.07, 6.45) is 0. The van der Waals surface area contributed by atoms with Gasteiger partial charge in [-0.1, -0.05) is 11.6 Å². The second kappa shape index (κ2) is 5.04. The molecule has 0 aromatic heterocycles. The molecule has 0 unspecified atom stereocenters. The molecule has 2 nitrogen and oxygen atoms in total. The maximum absolute atomic E-state index is 13.4. The zero-order valence-corrected chi connectivity index (χ0v) is 12.8. The molecule has 1 heterocycles. The van der Waals surface area contributed by atoms with E-state index in [1.54, 1.807) is 6.07 Å². The summed E-state index contributed by atoms with van der Waals surface area (Å²) in [4.78, 5) is 2.37. The minimum absolute atomic E-state index is 0.0329. The number of benzene rings is 1. The summed E-state index contributed by atoms with van der Waals surface area (Å²) in [5, 5.41) is 4.17. The largest absolute Gasteiger partial charge is 0.309 e. The van der Waals surface area contributed by atoms with Crippen molar-refractivity contribution in [3.63, 3.8) is 0 Å². The molecule has 0 amide bonds. The standard InChI is InChI=1S/C15H22ClFN2/c1-14(2)10-19(15(3,4)9-18-14)8-11-7-12(17)5-6-13(11)16/h5-7,18H,8-10H2,1-4H3. The zero-order valence-electron chi connectivity index (χ0n) is 12.1. The van der Waals surface area contributed by atoms with E-state index in [1.165, 1.54) is 12.1 Å². The Morgan fingerprint density at radius 1 is 1.32 bits per heavy atom. The van der Waals surface area contributed by atoms with Gasteiger partial charge in [0.25, 0.3) is 0 Å². The van der Waals surface area contributed by atoms with Crippen LogP contribution in [0.3, 0.4) is 0 Å². The average Bonchev–Trinajstić information content (AvgIpc) is 2.29. The van der Waals surface area contributed by atoms with E-state index in [0.717, 1.165) is 18.7 Å². The minimum Gasteiger partial charge on any atom is -0.309 e. The Balaban J connectivity index is 2.22. The van der Waals surface area contributed by atoms with E-state index >= 15 is 0 Å². The molecule has 0 aliphatic carbocycles. The third-order valence-corrected chi connectivity index (χ3v) is 4.18. The fourth-order valence-electron chi connectivity index (χ4n) is 2.45. The number of hydrogen-bond acceptors (Lipinski definition) is 2. The van der Waals surface area contributed by atoms with Gasteiger partial charge in [0, 0.05) is 35.7 Å². The lowest BCUT2D eigenvalue weighted by molar-refractivity contribution is 0.0323. The van der Waals surface area contributed by atoms with E-state index in [0.29, 0.717) is 11.6 Å². The van der Waals surface area contributed by atoms with Crippen LogP contribution in [0.4, 0.5) is 4.39 Å². The van der Waals surface area contributed by atoms with Gasteiger partial charge in [-0.3, -0.25) is 4.90 Å². The Morgan fingerprint density at radius 3 is 2.68 bits per heavy atom. The minimum atomic E-state index is -0.230. The molecule has 1 fully saturated rings. The summed E-state index contributed by atoms with van der Waals surface area (Å²) < 4.78 is 13.4. The van der Waals surface area contributed by atoms with Crippen LogP contribution in [-0.4, -0.2) is 29.1 Å². The van der Waals surface area contributed by atoms with Gasteiger partial charge < -0.3 is 5.32 Å². The number of piperazine rings is 1. The molecular formula is C15H22ClFN2. The molecule has 106 valence electrons. The number of nitrogens with zero attached hydrogens (tertiary/aromatic N) is 1. The average molecular weight is 285 g/mol. The van der Waals surface area contributed by atoms with Crippen LogP contribution < -0.4 is 5.32 Å². The molecule has 1 aliphatic rings. The third kappa shape index (κ3) is 3.47. The van der Waals surface area contributed by atoms with Gasteiger partial charge in [0.15, 0.2) is 0 Å². The van der Waals surface area contributed by atoms with Gasteiger partial charge in [0.1, 0.15) is 5.82 Å². The van der Waals surface area contributed by atoms with Crippen molar-refractivity contribution in [1.29, 1.82) is 0 Å². The molecule has 1 aromatic rings. The van der Waals surface area contributed by atoms with Crippen LogP contribution in [0.2, 0.25) is 5.02 Å². The van der Waals surface area contributed by atoms with Gasteiger partial charge >= 0.3 is 0 Å². The molecular weight excluding hydrogens is 263 g/mol. The van der Waals surface area contributed by atoms with Crippen molar-refractivity contribution in [2.24, 2.45) is 0 Å². The van der Waals surface area contributed by atoms with E-state index < -0.39 is 0 Å². The Bertz CT molecular complexity index is 471. The molecule has 19 heavy (non-hydrogen) atoms. The second-order valence-electron chi connectivity index (χ2n) is 6.64. The first-order valence-electron chi connectivity index (χ1n) is 6.64. The Kier molecular flexibility index (Phi) is 3.92. The monoisotopic (exact) mass is 284 g/mol. The molecule has 1 aliphatic heterocycles. The molecule has 1 saturated heterocycles. The van der Waals surface area contributed by atoms with E-state index in [4.69, 9.17) is 11.6 Å². The number of hydrogen-bond donors (Lipinski definition) is 1. The maximum Gasteiger partial charge on any atom is 0.123 e. The molecule has 1 aromatic carbocycles. The van der Waals surface area contributed by atoms with Crippen LogP contribution in [-0.2, 0) is 6.54 Å². The predicted molar refractivity (Wildman–Crippen MR) is 78.0 cm³/mol. The molecule has 0 radical (unpaired) electrons. The molecule has 0 bridgehead atoms. The van der Waals surface area contributed by atoms with Crippen LogP contribution in [0.25, 0.3) is 0 Å². The lowest BCUT2D eigenvalue weighted by Crippen LogP contribution is -2.65. The molecule has 1 N–H and O–H groups in total. The Morgan fingerprint density at radius 2 is 2.00 bits per heavy atom. The normalized spacial score (nSPS) is 22.4. The summed E-state index contributed by atoms with van der Waals surface area (Å²) in [7, 11) is 0. The van der Waals surface area contributed by atoms with Crippen LogP contribution in [0.5, 0.6) is 0 Å². The fourth-order valence-corrected chi connectivity index (χ4v) is 2.63. The van der Waals surface area contributed by atoms with Crippen molar-refractivity contribution in [3.8, 4) is 0 Å². The highest BCUT2D eigenvalue weighted by Gasteiger charge is 2.37. The van der Waals surface area contributed by atoms with Crippen LogP contribution in [0.1, 0.15) is 33.3 Å². The van der Waals surface area contributed by atoms with Gasteiger partial charge in [0.05, 0.1) is 0 Å². The topological polar surface area (TPSA) is 15.3 Å². The quantitative estimate of drug-likeness (QED) is 0.895. The molecule has 4 heteroatoms. The van der Waals surface area contributed by atoms with Crippen molar-refractivity contribution in [2.75, 3.05) is 13.1 Å². The number of rotatable bonds is 2. The molecule has 0 saturated carbocycles. The lowest BCUT2D eigenvalue weighted by Gasteiger charge is -2.49. The lowest BCUT2D eigenvalue weighted by atomic mass is 9.91. The first-order valence-corrected chi connectivity index (χ1v) is 7.01. The van der Waals surface area contributed by atoms with Crippen molar-refractivity contribution in [1.82, 2.24) is 10.2 Å². The number of halogens is 2. The SMILES string of the molecule is CC1(C)CN(Cc2cc(F)ccc2Cl)C(C)(C)CN1. The summed E-state index contributed by atoms with van der Waals surface area (Å²) in [6, 6.07) is 4.57.